The molecule has 0 heterocycles. The second-order valence-corrected chi connectivity index (χ2v) is 5.83. The fraction of sp³-hybridized carbons (Fsp3) is 0.188. The van der Waals surface area contributed by atoms with E-state index in [1.807, 2.05) is 48.5 Å². The summed E-state index contributed by atoms with van der Waals surface area (Å²) in [6, 6.07) is 15.2. The number of benzene rings is 2. The van der Waals surface area contributed by atoms with Crippen molar-refractivity contribution in [1.29, 1.82) is 0 Å². The zero-order chi connectivity index (χ0) is 16.4. The fourth-order valence-electron chi connectivity index (χ4n) is 2.76. The molecular formula is C16H12F2O4S. The van der Waals surface area contributed by atoms with Crippen LogP contribution in [0.3, 0.4) is 0 Å². The molecule has 7 heteroatoms. The van der Waals surface area contributed by atoms with Gasteiger partial charge in [0.15, 0.2) is 0 Å². The van der Waals surface area contributed by atoms with Gasteiger partial charge in [-0.15, -0.1) is 0 Å². The molecule has 0 fully saturated rings. The van der Waals surface area contributed by atoms with Crippen LogP contribution in [0.25, 0.3) is 11.1 Å². The highest BCUT2D eigenvalue weighted by atomic mass is 32.2. The summed E-state index contributed by atoms with van der Waals surface area (Å²) in [6.45, 7) is -0.214. The highest BCUT2D eigenvalue weighted by Gasteiger charge is 2.44. The third kappa shape index (κ3) is 2.95. The Bertz CT molecular complexity index is 690. The molecule has 0 saturated carbocycles. The van der Waals surface area contributed by atoms with Crippen LogP contribution in [0, 0.1) is 0 Å². The van der Waals surface area contributed by atoms with E-state index in [-0.39, 0.29) is 12.5 Å². The number of esters is 1. The molecule has 0 saturated heterocycles. The minimum absolute atomic E-state index is 0.214. The fourth-order valence-corrected chi connectivity index (χ4v) is 2.98. The molecule has 0 bridgehead atoms. The van der Waals surface area contributed by atoms with E-state index < -0.39 is 23.3 Å². The molecule has 120 valence electrons. The van der Waals surface area contributed by atoms with Crippen molar-refractivity contribution in [3.05, 3.63) is 59.7 Å². The molecule has 3 rings (SSSR count). The molecule has 4 nitrogen and oxygen atoms in total. The Morgan fingerprint density at radius 1 is 1.09 bits per heavy atom. The number of halogens is 2. The topological polar surface area (TPSA) is 55.8 Å². The predicted molar refractivity (Wildman–Crippen MR) is 80.9 cm³/mol. The van der Waals surface area contributed by atoms with Crippen LogP contribution in [0.5, 0.6) is 0 Å². The number of ether oxygens (including phenoxy) is 1. The lowest BCUT2D eigenvalue weighted by atomic mass is 9.98. The largest absolute Gasteiger partial charge is 0.459 e. The van der Waals surface area contributed by atoms with Crippen molar-refractivity contribution in [3.63, 3.8) is 0 Å². The van der Waals surface area contributed by atoms with Crippen molar-refractivity contribution in [1.82, 2.24) is 0 Å². The Labute approximate surface area is 135 Å². The Morgan fingerprint density at radius 2 is 1.61 bits per heavy atom. The van der Waals surface area contributed by atoms with Crippen LogP contribution in [0.4, 0.5) is 8.78 Å². The van der Waals surface area contributed by atoms with E-state index in [0.717, 1.165) is 22.3 Å². The van der Waals surface area contributed by atoms with Crippen molar-refractivity contribution in [2.75, 3.05) is 6.61 Å². The van der Waals surface area contributed by atoms with Crippen molar-refractivity contribution < 1.29 is 27.9 Å². The molecule has 0 atom stereocenters. The summed E-state index contributed by atoms with van der Waals surface area (Å²) < 4.78 is 34.6. The SMILES string of the molecule is O=C(OCC1c2ccccc2-c2ccccc21)C(F)(F)SOO. The van der Waals surface area contributed by atoms with E-state index in [4.69, 9.17) is 9.99 Å². The van der Waals surface area contributed by atoms with Crippen molar-refractivity contribution in [3.8, 4) is 11.1 Å². The molecule has 0 spiro atoms. The Balaban J connectivity index is 1.82. The molecule has 2 aromatic carbocycles. The van der Waals surface area contributed by atoms with Crippen LogP contribution in [0.15, 0.2) is 48.5 Å². The molecule has 0 aliphatic heterocycles. The average molecular weight is 338 g/mol. The third-order valence-electron chi connectivity index (χ3n) is 3.72. The van der Waals surface area contributed by atoms with E-state index >= 15 is 0 Å². The summed E-state index contributed by atoms with van der Waals surface area (Å²) in [5.41, 5.74) is 3.86. The molecule has 23 heavy (non-hydrogen) atoms. The summed E-state index contributed by atoms with van der Waals surface area (Å²) >= 11 is -0.657. The lowest BCUT2D eigenvalue weighted by molar-refractivity contribution is -0.165. The van der Waals surface area contributed by atoms with E-state index in [9.17, 15) is 13.6 Å². The molecule has 1 aliphatic carbocycles. The van der Waals surface area contributed by atoms with Crippen molar-refractivity contribution in [2.45, 2.75) is 11.2 Å². The Hall–Kier alpha value is -1.96. The van der Waals surface area contributed by atoms with Gasteiger partial charge in [-0.2, -0.15) is 13.1 Å². The first kappa shape index (κ1) is 15.9. The minimum Gasteiger partial charge on any atom is -0.459 e. The van der Waals surface area contributed by atoms with Crippen LogP contribution in [-0.2, 0) is 13.9 Å². The predicted octanol–water partition coefficient (Wildman–Crippen LogP) is 4.07. The summed E-state index contributed by atoms with van der Waals surface area (Å²) in [6.07, 6.45) is 0. The number of rotatable bonds is 5. The maximum absolute atomic E-state index is 13.3. The standard InChI is InChI=1S/C16H12F2O4S/c17-16(18,23-22-20)15(19)21-9-14-12-7-3-1-5-10(12)11-6-2-4-8-13(11)14/h1-8,14,20H,9H2. The van der Waals surface area contributed by atoms with Gasteiger partial charge in [0.1, 0.15) is 18.6 Å². The molecule has 1 aliphatic rings. The Morgan fingerprint density at radius 3 is 2.13 bits per heavy atom. The lowest BCUT2D eigenvalue weighted by Gasteiger charge is -2.16. The summed E-state index contributed by atoms with van der Waals surface area (Å²) in [5, 5.41) is 4.10. The molecule has 2 aromatic rings. The normalized spacial score (nSPS) is 13.5. The first-order valence-electron chi connectivity index (χ1n) is 6.77. The summed E-state index contributed by atoms with van der Waals surface area (Å²) in [7, 11) is 0. The zero-order valence-electron chi connectivity index (χ0n) is 11.7. The number of hydrogen-bond acceptors (Lipinski definition) is 5. The number of carbonyl (C=O) groups excluding carboxylic acids is 1. The molecule has 0 unspecified atom stereocenters. The van der Waals surface area contributed by atoms with Crippen LogP contribution in [-0.4, -0.2) is 23.1 Å². The van der Waals surface area contributed by atoms with Gasteiger partial charge in [-0.3, -0.25) is 0 Å². The quantitative estimate of drug-likeness (QED) is 0.385. The maximum atomic E-state index is 13.3. The zero-order valence-corrected chi connectivity index (χ0v) is 12.6. The number of carbonyl (C=O) groups is 1. The first-order chi connectivity index (χ1) is 11.0. The van der Waals surface area contributed by atoms with Gasteiger partial charge in [-0.25, -0.2) is 10.1 Å². The second kappa shape index (κ2) is 6.27. The van der Waals surface area contributed by atoms with Crippen LogP contribution in [0.1, 0.15) is 17.0 Å². The van der Waals surface area contributed by atoms with Crippen molar-refractivity contribution in [2.24, 2.45) is 0 Å². The lowest BCUT2D eigenvalue weighted by Crippen LogP contribution is -2.28. The number of hydrogen-bond donors (Lipinski definition) is 1. The number of alkyl halides is 2. The average Bonchev–Trinajstić information content (AvgIpc) is 2.87. The van der Waals surface area contributed by atoms with Crippen LogP contribution >= 0.6 is 12.0 Å². The van der Waals surface area contributed by atoms with E-state index in [1.54, 1.807) is 0 Å². The summed E-state index contributed by atoms with van der Waals surface area (Å²) in [4.78, 5) is 11.5. The summed E-state index contributed by atoms with van der Waals surface area (Å²) in [5.74, 6) is -2.05. The molecule has 0 aromatic heterocycles. The second-order valence-electron chi connectivity index (χ2n) is 5.00. The smallest absolute Gasteiger partial charge is 0.415 e. The highest BCUT2D eigenvalue weighted by Crippen LogP contribution is 2.44. The third-order valence-corrected chi connectivity index (χ3v) is 4.17. The monoisotopic (exact) mass is 338 g/mol. The van der Waals surface area contributed by atoms with Gasteiger partial charge in [0.2, 0.25) is 0 Å². The van der Waals surface area contributed by atoms with Gasteiger partial charge >= 0.3 is 11.2 Å². The first-order valence-corrected chi connectivity index (χ1v) is 7.51. The van der Waals surface area contributed by atoms with Gasteiger partial charge in [0.05, 0.1) is 0 Å². The van der Waals surface area contributed by atoms with Crippen molar-refractivity contribution >= 4 is 18.0 Å². The minimum atomic E-state index is -3.97. The van der Waals surface area contributed by atoms with Gasteiger partial charge in [-0.1, -0.05) is 48.5 Å². The van der Waals surface area contributed by atoms with Gasteiger partial charge in [-0.05, 0) is 22.3 Å². The maximum Gasteiger partial charge on any atom is 0.415 e. The van der Waals surface area contributed by atoms with E-state index in [2.05, 4.69) is 4.33 Å². The van der Waals surface area contributed by atoms with Crippen LogP contribution in [0.2, 0.25) is 0 Å². The molecule has 1 N–H and O–H groups in total. The highest BCUT2D eigenvalue weighted by molar-refractivity contribution is 7.96. The number of fused-ring (bicyclic) bond motifs is 3. The molecule has 0 amide bonds. The Kier molecular flexibility index (Phi) is 4.34. The van der Waals surface area contributed by atoms with E-state index in [1.165, 1.54) is 0 Å². The van der Waals surface area contributed by atoms with Gasteiger partial charge < -0.3 is 4.74 Å². The van der Waals surface area contributed by atoms with Gasteiger partial charge in [0.25, 0.3) is 0 Å². The molecule has 0 radical (unpaired) electrons. The molecular weight excluding hydrogens is 326 g/mol. The van der Waals surface area contributed by atoms with E-state index in [0.29, 0.717) is 0 Å². The van der Waals surface area contributed by atoms with Gasteiger partial charge in [0, 0.05) is 5.92 Å². The van der Waals surface area contributed by atoms with Crippen LogP contribution < -0.4 is 0 Å².